The van der Waals surface area contributed by atoms with Crippen LogP contribution in [0, 0.1) is 0 Å². The number of hydrogen-bond acceptors (Lipinski definition) is 6. The van der Waals surface area contributed by atoms with Crippen molar-refractivity contribution < 1.29 is 19.1 Å². The molecule has 1 heterocycles. The van der Waals surface area contributed by atoms with Crippen LogP contribution in [0.2, 0.25) is 0 Å². The predicted molar refractivity (Wildman–Crippen MR) is 103 cm³/mol. The molecule has 0 aliphatic heterocycles. The third kappa shape index (κ3) is 6.00. The maximum absolute atomic E-state index is 12.3. The molecule has 0 saturated carbocycles. The lowest BCUT2D eigenvalue weighted by Gasteiger charge is -2.18. The Kier molecular flexibility index (Phi) is 6.52. The molecular weight excluding hydrogens is 352 g/mol. The average Bonchev–Trinajstić information content (AvgIpc) is 3.00. The van der Waals surface area contributed by atoms with Crippen molar-refractivity contribution in [3.63, 3.8) is 0 Å². The van der Waals surface area contributed by atoms with Gasteiger partial charge in [-0.2, -0.15) is 0 Å². The highest BCUT2D eigenvalue weighted by atomic mass is 32.1. The van der Waals surface area contributed by atoms with E-state index in [4.69, 9.17) is 9.47 Å². The lowest BCUT2D eigenvalue weighted by Crippen LogP contribution is -2.27. The van der Waals surface area contributed by atoms with Crippen LogP contribution in [0.1, 0.15) is 39.0 Å². The average molecular weight is 374 g/mol. The van der Waals surface area contributed by atoms with E-state index in [1.54, 1.807) is 39.2 Å². The molecule has 0 aliphatic rings. The molecule has 0 bridgehead atoms. The van der Waals surface area contributed by atoms with Crippen LogP contribution in [0.4, 0.5) is 9.93 Å². The van der Waals surface area contributed by atoms with E-state index in [0.29, 0.717) is 16.4 Å². The van der Waals surface area contributed by atoms with E-state index in [-0.39, 0.29) is 6.61 Å². The second kappa shape index (κ2) is 8.62. The maximum Gasteiger partial charge on any atom is 0.413 e. The lowest BCUT2D eigenvalue weighted by molar-refractivity contribution is -0.136. The standard InChI is InChI=1S/C19H22N2O4S/c1-5-24-16(22)14(11-13-9-7-6-8-10-13)15-12-26-17(20-15)21-18(23)25-19(2,3)4/h6-12H,5H2,1-4H3,(H,20,21,23)/b14-11+. The van der Waals surface area contributed by atoms with Crippen molar-refractivity contribution in [2.45, 2.75) is 33.3 Å². The first-order valence-electron chi connectivity index (χ1n) is 8.18. The first-order valence-corrected chi connectivity index (χ1v) is 9.06. The molecule has 1 aromatic carbocycles. The minimum absolute atomic E-state index is 0.262. The zero-order valence-corrected chi connectivity index (χ0v) is 16.1. The van der Waals surface area contributed by atoms with Gasteiger partial charge in [-0.3, -0.25) is 5.32 Å². The molecule has 0 fully saturated rings. The van der Waals surface area contributed by atoms with Crippen molar-refractivity contribution >= 4 is 40.2 Å². The van der Waals surface area contributed by atoms with Crippen LogP contribution in [0.15, 0.2) is 35.7 Å². The molecule has 1 aromatic heterocycles. The molecule has 1 N–H and O–H groups in total. The lowest BCUT2D eigenvalue weighted by atomic mass is 10.1. The summed E-state index contributed by atoms with van der Waals surface area (Å²) in [5, 5.41) is 4.61. The SMILES string of the molecule is CCOC(=O)/C(=C/c1ccccc1)c1csc(NC(=O)OC(C)(C)C)n1. The van der Waals surface area contributed by atoms with Gasteiger partial charge in [-0.05, 0) is 39.3 Å². The summed E-state index contributed by atoms with van der Waals surface area (Å²) in [4.78, 5) is 28.5. The van der Waals surface area contributed by atoms with Crippen LogP contribution in [-0.4, -0.2) is 29.3 Å². The fourth-order valence-corrected chi connectivity index (χ4v) is 2.70. The predicted octanol–water partition coefficient (Wildman–Crippen LogP) is 4.59. The molecule has 138 valence electrons. The van der Waals surface area contributed by atoms with Gasteiger partial charge >= 0.3 is 12.1 Å². The Hall–Kier alpha value is -2.67. The number of nitrogens with zero attached hydrogens (tertiary/aromatic N) is 1. The molecule has 7 heteroatoms. The normalized spacial score (nSPS) is 11.8. The number of rotatable bonds is 5. The first kappa shape index (κ1) is 19.7. The number of hydrogen-bond donors (Lipinski definition) is 1. The maximum atomic E-state index is 12.3. The summed E-state index contributed by atoms with van der Waals surface area (Å²) in [6.45, 7) is 7.34. The molecule has 26 heavy (non-hydrogen) atoms. The number of thiazole rings is 1. The van der Waals surface area contributed by atoms with Gasteiger partial charge in [0.1, 0.15) is 5.60 Å². The monoisotopic (exact) mass is 374 g/mol. The second-order valence-electron chi connectivity index (χ2n) is 6.35. The van der Waals surface area contributed by atoms with Crippen LogP contribution in [0.3, 0.4) is 0 Å². The van der Waals surface area contributed by atoms with Crippen LogP contribution >= 0.6 is 11.3 Å². The van der Waals surface area contributed by atoms with E-state index in [1.807, 2.05) is 30.3 Å². The van der Waals surface area contributed by atoms with Crippen molar-refractivity contribution in [2.24, 2.45) is 0 Å². The van der Waals surface area contributed by atoms with Gasteiger partial charge in [0, 0.05) is 5.38 Å². The summed E-state index contributed by atoms with van der Waals surface area (Å²) >= 11 is 1.21. The largest absolute Gasteiger partial charge is 0.462 e. The Morgan fingerprint density at radius 3 is 2.54 bits per heavy atom. The number of benzene rings is 1. The zero-order valence-electron chi connectivity index (χ0n) is 15.2. The van der Waals surface area contributed by atoms with Crippen LogP contribution in [0.25, 0.3) is 11.6 Å². The third-order valence-corrected chi connectivity index (χ3v) is 3.75. The van der Waals surface area contributed by atoms with Gasteiger partial charge in [0.25, 0.3) is 0 Å². The molecule has 0 saturated heterocycles. The Morgan fingerprint density at radius 1 is 1.23 bits per heavy atom. The molecule has 1 amide bonds. The molecule has 0 unspecified atom stereocenters. The molecule has 0 spiro atoms. The van der Waals surface area contributed by atoms with Gasteiger partial charge in [-0.15, -0.1) is 11.3 Å². The summed E-state index contributed by atoms with van der Waals surface area (Å²) < 4.78 is 10.3. The van der Waals surface area contributed by atoms with Crippen LogP contribution < -0.4 is 5.32 Å². The summed E-state index contributed by atoms with van der Waals surface area (Å²) in [6.07, 6.45) is 1.12. The van der Waals surface area contributed by atoms with E-state index in [0.717, 1.165) is 5.56 Å². The second-order valence-corrected chi connectivity index (χ2v) is 7.21. The fraction of sp³-hybridized carbons (Fsp3) is 0.316. The number of aromatic nitrogens is 1. The van der Waals surface area contributed by atoms with E-state index >= 15 is 0 Å². The van der Waals surface area contributed by atoms with Crippen molar-refractivity contribution in [1.82, 2.24) is 4.98 Å². The highest BCUT2D eigenvalue weighted by Gasteiger charge is 2.20. The summed E-state index contributed by atoms with van der Waals surface area (Å²) in [5.41, 5.74) is 1.01. The molecule has 0 atom stereocenters. The van der Waals surface area contributed by atoms with Gasteiger partial charge in [0.15, 0.2) is 5.13 Å². The van der Waals surface area contributed by atoms with Crippen molar-refractivity contribution in [3.05, 3.63) is 47.0 Å². The number of nitrogens with one attached hydrogen (secondary N) is 1. The van der Waals surface area contributed by atoms with Crippen molar-refractivity contribution in [2.75, 3.05) is 11.9 Å². The number of ether oxygens (including phenoxy) is 2. The minimum Gasteiger partial charge on any atom is -0.462 e. The Bertz CT molecular complexity index is 791. The van der Waals surface area contributed by atoms with E-state index in [9.17, 15) is 9.59 Å². The van der Waals surface area contributed by atoms with E-state index in [1.165, 1.54) is 11.3 Å². The Balaban J connectivity index is 2.24. The topological polar surface area (TPSA) is 77.5 Å². The molecule has 0 radical (unpaired) electrons. The van der Waals surface area contributed by atoms with Crippen LogP contribution in [0.5, 0.6) is 0 Å². The van der Waals surface area contributed by atoms with Gasteiger partial charge < -0.3 is 9.47 Å². The number of amides is 1. The van der Waals surface area contributed by atoms with Crippen molar-refractivity contribution in [1.29, 1.82) is 0 Å². The smallest absolute Gasteiger partial charge is 0.413 e. The quantitative estimate of drug-likeness (QED) is 0.611. The van der Waals surface area contributed by atoms with E-state index in [2.05, 4.69) is 10.3 Å². The summed E-state index contributed by atoms with van der Waals surface area (Å²) in [5.74, 6) is -0.467. The molecule has 2 rings (SSSR count). The highest BCUT2D eigenvalue weighted by Crippen LogP contribution is 2.25. The van der Waals surface area contributed by atoms with Crippen molar-refractivity contribution in [3.8, 4) is 0 Å². The third-order valence-electron chi connectivity index (χ3n) is 2.99. The summed E-state index contributed by atoms with van der Waals surface area (Å²) in [7, 11) is 0. The molecule has 2 aromatic rings. The number of carbonyl (C=O) groups is 2. The molecular formula is C19H22N2O4S. The van der Waals surface area contributed by atoms with Gasteiger partial charge in [-0.1, -0.05) is 30.3 Å². The molecule has 0 aliphatic carbocycles. The fourth-order valence-electron chi connectivity index (χ4n) is 2.01. The van der Waals surface area contributed by atoms with E-state index < -0.39 is 17.7 Å². The van der Waals surface area contributed by atoms with Crippen LogP contribution in [-0.2, 0) is 14.3 Å². The zero-order chi connectivity index (χ0) is 19.2. The molecule has 6 nitrogen and oxygen atoms in total. The van der Waals surface area contributed by atoms with Gasteiger partial charge in [0.2, 0.25) is 0 Å². The highest BCUT2D eigenvalue weighted by molar-refractivity contribution is 7.14. The number of anilines is 1. The van der Waals surface area contributed by atoms with Gasteiger partial charge in [-0.25, -0.2) is 14.6 Å². The Morgan fingerprint density at radius 2 is 1.92 bits per heavy atom. The first-order chi connectivity index (χ1) is 12.3. The Labute approximate surface area is 156 Å². The number of esters is 1. The minimum atomic E-state index is -0.604. The summed E-state index contributed by atoms with van der Waals surface area (Å²) in [6, 6.07) is 9.42. The van der Waals surface area contributed by atoms with Gasteiger partial charge in [0.05, 0.1) is 17.9 Å². The number of carbonyl (C=O) groups excluding carboxylic acids is 2.